The lowest BCUT2D eigenvalue weighted by molar-refractivity contribution is 0.0868. The lowest BCUT2D eigenvalue weighted by Crippen LogP contribution is -2.46. The summed E-state index contributed by atoms with van der Waals surface area (Å²) >= 11 is 0. The maximum absolute atomic E-state index is 12.5. The van der Waals surface area contributed by atoms with Gasteiger partial charge in [0.2, 0.25) is 0 Å². The van der Waals surface area contributed by atoms with Crippen LogP contribution in [0.4, 0.5) is 8.78 Å². The molecule has 0 radical (unpaired) electrons. The Labute approximate surface area is 96.0 Å². The Bertz CT molecular complexity index is 269. The Hall–Kier alpha value is -0.180. The van der Waals surface area contributed by atoms with Gasteiger partial charge in [0.25, 0.3) is 6.43 Å². The first-order valence-electron chi connectivity index (χ1n) is 6.71. The minimum absolute atomic E-state index is 0.383. The van der Waals surface area contributed by atoms with E-state index in [0.717, 1.165) is 24.2 Å². The van der Waals surface area contributed by atoms with Crippen molar-refractivity contribution in [3.8, 4) is 0 Å². The average molecular weight is 229 g/mol. The second-order valence-electron chi connectivity index (χ2n) is 6.05. The van der Waals surface area contributed by atoms with E-state index in [1.165, 1.54) is 25.7 Å². The Morgan fingerprint density at radius 2 is 1.81 bits per heavy atom. The van der Waals surface area contributed by atoms with Gasteiger partial charge in [-0.15, -0.1) is 0 Å². The third kappa shape index (κ3) is 1.59. The summed E-state index contributed by atoms with van der Waals surface area (Å²) in [6.07, 6.45) is 4.37. The van der Waals surface area contributed by atoms with Crippen molar-refractivity contribution in [2.24, 2.45) is 23.7 Å². The van der Waals surface area contributed by atoms with Gasteiger partial charge in [-0.05, 0) is 56.3 Å². The molecule has 0 aromatic rings. The molecule has 0 spiro atoms. The van der Waals surface area contributed by atoms with Crippen molar-refractivity contribution in [1.82, 2.24) is 5.32 Å². The highest BCUT2D eigenvalue weighted by Crippen LogP contribution is 2.58. The first kappa shape index (κ1) is 10.9. The molecule has 3 saturated carbocycles. The van der Waals surface area contributed by atoms with E-state index in [2.05, 4.69) is 5.32 Å². The van der Waals surface area contributed by atoms with Crippen molar-refractivity contribution in [3.63, 3.8) is 0 Å². The zero-order valence-corrected chi connectivity index (χ0v) is 9.83. The van der Waals surface area contributed by atoms with E-state index in [1.54, 1.807) is 6.92 Å². The zero-order chi connectivity index (χ0) is 11.3. The number of nitrogens with one attached hydrogen (secondary N) is 1. The van der Waals surface area contributed by atoms with Crippen LogP contribution < -0.4 is 5.32 Å². The van der Waals surface area contributed by atoms with Gasteiger partial charge in [-0.25, -0.2) is 8.78 Å². The lowest BCUT2D eigenvalue weighted by Gasteiger charge is -2.33. The first-order valence-corrected chi connectivity index (χ1v) is 6.71. The molecular weight excluding hydrogens is 208 g/mol. The highest BCUT2D eigenvalue weighted by atomic mass is 19.3. The summed E-state index contributed by atoms with van der Waals surface area (Å²) in [6, 6.07) is -0.252. The fourth-order valence-electron chi connectivity index (χ4n) is 4.67. The smallest absolute Gasteiger partial charge is 0.253 e. The third-order valence-corrected chi connectivity index (χ3v) is 5.28. The largest absolute Gasteiger partial charge is 0.306 e. The Balaban J connectivity index is 1.63. The van der Waals surface area contributed by atoms with Gasteiger partial charge < -0.3 is 5.32 Å². The van der Waals surface area contributed by atoms with Gasteiger partial charge in [-0.3, -0.25) is 0 Å². The predicted octanol–water partition coefficient (Wildman–Crippen LogP) is 3.05. The van der Waals surface area contributed by atoms with Crippen LogP contribution >= 0.6 is 0 Å². The minimum Gasteiger partial charge on any atom is -0.306 e. The van der Waals surface area contributed by atoms with E-state index in [-0.39, 0.29) is 0 Å². The van der Waals surface area contributed by atoms with E-state index in [0.29, 0.717) is 12.0 Å². The van der Waals surface area contributed by atoms with Crippen LogP contribution in [0, 0.1) is 23.7 Å². The zero-order valence-electron chi connectivity index (χ0n) is 9.83. The van der Waals surface area contributed by atoms with Gasteiger partial charge in [0.15, 0.2) is 0 Å². The van der Waals surface area contributed by atoms with Crippen LogP contribution in [0.2, 0.25) is 0 Å². The standard InChI is InChI=1S/C13H21F2N/c1-7(13(14)15)16-12-6-8-5-11(12)10-4-2-3-9(8)10/h7-13,16H,2-6H2,1H3. The molecule has 0 saturated heterocycles. The van der Waals surface area contributed by atoms with Crippen LogP contribution in [0.5, 0.6) is 0 Å². The van der Waals surface area contributed by atoms with Gasteiger partial charge in [-0.1, -0.05) is 6.42 Å². The molecule has 0 heterocycles. The molecule has 2 bridgehead atoms. The normalized spacial score (nSPS) is 47.6. The maximum atomic E-state index is 12.5. The van der Waals surface area contributed by atoms with Crippen LogP contribution in [-0.2, 0) is 0 Å². The molecule has 1 nitrogen and oxygen atoms in total. The molecule has 3 rings (SSSR count). The minimum atomic E-state index is -2.22. The molecule has 6 unspecified atom stereocenters. The molecule has 0 aliphatic heterocycles. The fraction of sp³-hybridized carbons (Fsp3) is 1.00. The van der Waals surface area contributed by atoms with Crippen LogP contribution in [0.15, 0.2) is 0 Å². The van der Waals surface area contributed by atoms with E-state index in [9.17, 15) is 8.78 Å². The van der Waals surface area contributed by atoms with Crippen molar-refractivity contribution in [2.45, 2.75) is 57.5 Å². The summed E-state index contributed by atoms with van der Waals surface area (Å²) in [5, 5.41) is 3.17. The molecule has 3 aliphatic rings. The number of halogens is 2. The van der Waals surface area contributed by atoms with Crippen molar-refractivity contribution in [1.29, 1.82) is 0 Å². The van der Waals surface area contributed by atoms with Gasteiger partial charge in [0.1, 0.15) is 0 Å². The van der Waals surface area contributed by atoms with Gasteiger partial charge in [0, 0.05) is 6.04 Å². The lowest BCUT2D eigenvalue weighted by atomic mass is 9.79. The highest BCUT2D eigenvalue weighted by Gasteiger charge is 2.53. The van der Waals surface area contributed by atoms with Crippen molar-refractivity contribution in [2.75, 3.05) is 0 Å². The number of alkyl halides is 2. The van der Waals surface area contributed by atoms with Crippen LogP contribution in [0.1, 0.15) is 39.0 Å². The molecular formula is C13H21F2N. The SMILES string of the molecule is CC(NC1CC2CC1C1CCCC21)C(F)F. The van der Waals surface area contributed by atoms with Crippen molar-refractivity contribution < 1.29 is 8.78 Å². The van der Waals surface area contributed by atoms with Crippen LogP contribution in [0.3, 0.4) is 0 Å². The Morgan fingerprint density at radius 3 is 2.56 bits per heavy atom. The monoisotopic (exact) mass is 229 g/mol. The Morgan fingerprint density at radius 1 is 1.06 bits per heavy atom. The molecule has 3 heteroatoms. The van der Waals surface area contributed by atoms with E-state index in [4.69, 9.17) is 0 Å². The quantitative estimate of drug-likeness (QED) is 0.784. The van der Waals surface area contributed by atoms with Crippen molar-refractivity contribution in [3.05, 3.63) is 0 Å². The summed E-state index contributed by atoms with van der Waals surface area (Å²) in [6.45, 7) is 1.61. The molecule has 6 atom stereocenters. The molecule has 92 valence electrons. The van der Waals surface area contributed by atoms with Gasteiger partial charge in [-0.2, -0.15) is 0 Å². The highest BCUT2D eigenvalue weighted by molar-refractivity contribution is 5.05. The average Bonchev–Trinajstić information content (AvgIpc) is 2.87. The number of hydrogen-bond donors (Lipinski definition) is 1. The summed E-state index contributed by atoms with van der Waals surface area (Å²) in [5.74, 6) is 3.37. The van der Waals surface area contributed by atoms with Crippen LogP contribution in [0.25, 0.3) is 0 Å². The van der Waals surface area contributed by atoms with E-state index in [1.807, 2.05) is 0 Å². The summed E-state index contributed by atoms with van der Waals surface area (Å²) in [5.41, 5.74) is 0. The molecule has 0 aromatic heterocycles. The molecule has 3 fully saturated rings. The second-order valence-corrected chi connectivity index (χ2v) is 6.05. The van der Waals surface area contributed by atoms with Crippen LogP contribution in [-0.4, -0.2) is 18.5 Å². The van der Waals surface area contributed by atoms with Crippen molar-refractivity contribution >= 4 is 0 Å². The van der Waals surface area contributed by atoms with Gasteiger partial charge in [0.05, 0.1) is 6.04 Å². The topological polar surface area (TPSA) is 12.0 Å². The second kappa shape index (κ2) is 3.94. The first-order chi connectivity index (χ1) is 7.66. The predicted molar refractivity (Wildman–Crippen MR) is 59.4 cm³/mol. The summed E-state index contributed by atoms with van der Waals surface area (Å²) in [4.78, 5) is 0. The molecule has 1 N–H and O–H groups in total. The fourth-order valence-corrected chi connectivity index (χ4v) is 4.67. The molecule has 0 amide bonds. The maximum Gasteiger partial charge on any atom is 0.253 e. The third-order valence-electron chi connectivity index (χ3n) is 5.28. The van der Waals surface area contributed by atoms with E-state index < -0.39 is 12.5 Å². The van der Waals surface area contributed by atoms with Gasteiger partial charge >= 0.3 is 0 Å². The number of rotatable bonds is 3. The van der Waals surface area contributed by atoms with E-state index >= 15 is 0 Å². The molecule has 16 heavy (non-hydrogen) atoms. The number of fused-ring (bicyclic) bond motifs is 5. The summed E-state index contributed by atoms with van der Waals surface area (Å²) in [7, 11) is 0. The number of hydrogen-bond acceptors (Lipinski definition) is 1. The molecule has 0 aromatic carbocycles. The molecule has 3 aliphatic carbocycles. The summed E-state index contributed by atoms with van der Waals surface area (Å²) < 4.78 is 25.1. The Kier molecular flexibility index (Phi) is 2.69.